The van der Waals surface area contributed by atoms with E-state index in [0.717, 1.165) is 30.0 Å². The summed E-state index contributed by atoms with van der Waals surface area (Å²) in [5, 5.41) is 8.59. The number of benzene rings is 1. The first kappa shape index (κ1) is 13.9. The zero-order valence-corrected chi connectivity index (χ0v) is 12.9. The predicted octanol–water partition coefficient (Wildman–Crippen LogP) is 1.84. The second-order valence-corrected chi connectivity index (χ2v) is 5.86. The van der Waals surface area contributed by atoms with E-state index in [9.17, 15) is 0 Å². The van der Waals surface area contributed by atoms with E-state index in [0.29, 0.717) is 12.2 Å². The molecule has 1 aliphatic rings. The van der Waals surface area contributed by atoms with Crippen molar-refractivity contribution in [2.75, 3.05) is 23.7 Å². The highest BCUT2D eigenvalue weighted by Gasteiger charge is 2.20. The minimum atomic E-state index is 0.273. The zero-order chi connectivity index (χ0) is 15.6. The molecule has 0 radical (unpaired) electrons. The van der Waals surface area contributed by atoms with Gasteiger partial charge >= 0.3 is 0 Å². The summed E-state index contributed by atoms with van der Waals surface area (Å²) in [5.74, 6) is 1.08. The first-order valence-electron chi connectivity index (χ1n) is 7.97. The van der Waals surface area contributed by atoms with Gasteiger partial charge in [-0.05, 0) is 24.8 Å². The minimum Gasteiger partial charge on any atom is -0.368 e. The molecule has 118 valence electrons. The number of hydrogen-bond donors (Lipinski definition) is 1. The number of piperidine rings is 1. The van der Waals surface area contributed by atoms with Gasteiger partial charge in [0.1, 0.15) is 0 Å². The van der Waals surface area contributed by atoms with Crippen LogP contribution in [0.3, 0.4) is 0 Å². The Bertz CT molecular complexity index is 806. The molecule has 2 N–H and O–H groups in total. The number of nitrogens with zero attached hydrogens (tertiary/aromatic N) is 6. The van der Waals surface area contributed by atoms with Gasteiger partial charge in [0.15, 0.2) is 17.0 Å². The van der Waals surface area contributed by atoms with Gasteiger partial charge in [0.25, 0.3) is 0 Å². The maximum atomic E-state index is 5.94. The highest BCUT2D eigenvalue weighted by molar-refractivity contribution is 5.84. The van der Waals surface area contributed by atoms with Crippen LogP contribution in [0.5, 0.6) is 0 Å². The summed E-state index contributed by atoms with van der Waals surface area (Å²) in [5.41, 5.74) is 8.51. The summed E-state index contributed by atoms with van der Waals surface area (Å²) in [4.78, 5) is 11.0. The SMILES string of the molecule is Nc1nc(N2CCCCC2)c2nnn(Cc3ccccc3)c2n1. The van der Waals surface area contributed by atoms with Crippen molar-refractivity contribution in [3.05, 3.63) is 35.9 Å². The van der Waals surface area contributed by atoms with E-state index in [1.807, 2.05) is 18.2 Å². The van der Waals surface area contributed by atoms with Crippen molar-refractivity contribution in [1.82, 2.24) is 25.0 Å². The number of hydrogen-bond acceptors (Lipinski definition) is 6. The molecule has 0 bridgehead atoms. The van der Waals surface area contributed by atoms with Gasteiger partial charge in [-0.15, -0.1) is 5.10 Å². The van der Waals surface area contributed by atoms with Crippen LogP contribution in [0.4, 0.5) is 11.8 Å². The summed E-state index contributed by atoms with van der Waals surface area (Å²) in [6.45, 7) is 2.58. The van der Waals surface area contributed by atoms with Crippen LogP contribution in [0.25, 0.3) is 11.2 Å². The van der Waals surface area contributed by atoms with Gasteiger partial charge in [-0.1, -0.05) is 35.5 Å². The molecule has 0 saturated carbocycles. The summed E-state index contributed by atoms with van der Waals surface area (Å²) in [6, 6.07) is 10.1. The molecule has 3 aromatic rings. The lowest BCUT2D eigenvalue weighted by Crippen LogP contribution is -2.30. The number of nitrogens with two attached hydrogens (primary N) is 1. The fourth-order valence-electron chi connectivity index (χ4n) is 3.05. The Hall–Kier alpha value is -2.70. The van der Waals surface area contributed by atoms with Gasteiger partial charge in [-0.2, -0.15) is 9.97 Å². The Labute approximate surface area is 134 Å². The van der Waals surface area contributed by atoms with Crippen LogP contribution in [0.1, 0.15) is 24.8 Å². The standard InChI is InChI=1S/C16H19N7/c17-16-18-14(22-9-5-2-6-10-22)13-15(19-16)23(21-20-13)11-12-7-3-1-4-8-12/h1,3-4,7-8H,2,5-6,9-11H2,(H2,17,18,19). The molecule has 7 heteroatoms. The molecule has 1 saturated heterocycles. The molecule has 3 heterocycles. The quantitative estimate of drug-likeness (QED) is 0.794. The topological polar surface area (TPSA) is 85.8 Å². The van der Waals surface area contributed by atoms with Crippen LogP contribution < -0.4 is 10.6 Å². The van der Waals surface area contributed by atoms with Crippen molar-refractivity contribution in [2.24, 2.45) is 0 Å². The molecule has 0 atom stereocenters. The third-order valence-corrected chi connectivity index (χ3v) is 4.19. The molecular weight excluding hydrogens is 290 g/mol. The van der Waals surface area contributed by atoms with Crippen molar-refractivity contribution in [3.8, 4) is 0 Å². The van der Waals surface area contributed by atoms with Crippen LogP contribution >= 0.6 is 0 Å². The number of fused-ring (bicyclic) bond motifs is 1. The van der Waals surface area contributed by atoms with Gasteiger partial charge in [0.05, 0.1) is 6.54 Å². The molecule has 4 rings (SSSR count). The lowest BCUT2D eigenvalue weighted by atomic mass is 10.1. The smallest absolute Gasteiger partial charge is 0.224 e. The zero-order valence-electron chi connectivity index (χ0n) is 12.9. The Morgan fingerprint density at radius 1 is 1.00 bits per heavy atom. The van der Waals surface area contributed by atoms with Crippen molar-refractivity contribution in [3.63, 3.8) is 0 Å². The Morgan fingerprint density at radius 3 is 2.57 bits per heavy atom. The van der Waals surface area contributed by atoms with Crippen molar-refractivity contribution < 1.29 is 0 Å². The normalized spacial score (nSPS) is 15.2. The largest absolute Gasteiger partial charge is 0.368 e. The maximum absolute atomic E-state index is 5.94. The lowest BCUT2D eigenvalue weighted by molar-refractivity contribution is 0.574. The predicted molar refractivity (Wildman–Crippen MR) is 89.1 cm³/mol. The summed E-state index contributed by atoms with van der Waals surface area (Å²) in [6.07, 6.45) is 3.61. The molecule has 1 aliphatic heterocycles. The van der Waals surface area contributed by atoms with E-state index in [1.54, 1.807) is 4.68 Å². The van der Waals surface area contributed by atoms with E-state index in [2.05, 4.69) is 37.3 Å². The lowest BCUT2D eigenvalue weighted by Gasteiger charge is -2.27. The van der Waals surface area contributed by atoms with E-state index >= 15 is 0 Å². The molecule has 0 amide bonds. The van der Waals surface area contributed by atoms with E-state index < -0.39 is 0 Å². The minimum absolute atomic E-state index is 0.273. The fraction of sp³-hybridized carbons (Fsp3) is 0.375. The number of aromatic nitrogens is 5. The Morgan fingerprint density at radius 2 is 1.78 bits per heavy atom. The third kappa shape index (κ3) is 2.69. The van der Waals surface area contributed by atoms with Crippen molar-refractivity contribution >= 4 is 22.9 Å². The summed E-state index contributed by atoms with van der Waals surface area (Å²) >= 11 is 0. The summed E-state index contributed by atoms with van der Waals surface area (Å²) < 4.78 is 1.79. The first-order chi connectivity index (χ1) is 11.3. The monoisotopic (exact) mass is 309 g/mol. The van der Waals surface area contributed by atoms with Crippen molar-refractivity contribution in [2.45, 2.75) is 25.8 Å². The number of nitrogen functional groups attached to an aromatic ring is 1. The number of anilines is 2. The molecule has 23 heavy (non-hydrogen) atoms. The van der Waals surface area contributed by atoms with Gasteiger partial charge in [-0.3, -0.25) is 0 Å². The average molecular weight is 309 g/mol. The van der Waals surface area contributed by atoms with Gasteiger partial charge in [-0.25, -0.2) is 4.68 Å². The summed E-state index contributed by atoms with van der Waals surface area (Å²) in [7, 11) is 0. The molecule has 0 unspecified atom stereocenters. The molecule has 0 spiro atoms. The van der Waals surface area contributed by atoms with E-state index in [-0.39, 0.29) is 5.95 Å². The molecule has 0 aliphatic carbocycles. The van der Waals surface area contributed by atoms with Crippen LogP contribution in [0.15, 0.2) is 30.3 Å². The van der Waals surface area contributed by atoms with Crippen LogP contribution in [-0.4, -0.2) is 38.1 Å². The van der Waals surface area contributed by atoms with Crippen molar-refractivity contribution in [1.29, 1.82) is 0 Å². The molecule has 7 nitrogen and oxygen atoms in total. The Balaban J connectivity index is 1.75. The molecule has 2 aromatic heterocycles. The Kier molecular flexibility index (Phi) is 3.53. The first-order valence-corrected chi connectivity index (χ1v) is 7.97. The number of rotatable bonds is 3. The molecule has 1 fully saturated rings. The van der Waals surface area contributed by atoms with E-state index in [1.165, 1.54) is 19.3 Å². The average Bonchev–Trinajstić information content (AvgIpc) is 2.99. The molecular formula is C16H19N7. The molecule has 1 aromatic carbocycles. The van der Waals surface area contributed by atoms with Crippen LogP contribution in [0, 0.1) is 0 Å². The van der Waals surface area contributed by atoms with E-state index in [4.69, 9.17) is 5.73 Å². The second-order valence-electron chi connectivity index (χ2n) is 5.86. The van der Waals surface area contributed by atoms with Gasteiger partial charge < -0.3 is 10.6 Å². The maximum Gasteiger partial charge on any atom is 0.224 e. The highest BCUT2D eigenvalue weighted by atomic mass is 15.5. The fourth-order valence-corrected chi connectivity index (χ4v) is 3.05. The third-order valence-electron chi connectivity index (χ3n) is 4.19. The highest BCUT2D eigenvalue weighted by Crippen LogP contribution is 2.25. The van der Waals surface area contributed by atoms with Gasteiger partial charge in [0.2, 0.25) is 5.95 Å². The van der Waals surface area contributed by atoms with Crippen LogP contribution in [0.2, 0.25) is 0 Å². The second kappa shape index (κ2) is 5.83. The van der Waals surface area contributed by atoms with Gasteiger partial charge in [0, 0.05) is 13.1 Å². The van der Waals surface area contributed by atoms with Crippen LogP contribution in [-0.2, 0) is 6.54 Å².